The molecular weight excluding hydrogens is 582 g/mol. The first-order chi connectivity index (χ1) is 20.0. The number of H-pyrrole nitrogens is 1. The van der Waals surface area contributed by atoms with Crippen molar-refractivity contribution in [3.8, 4) is 18.4 Å². The van der Waals surface area contributed by atoms with E-state index in [1.54, 1.807) is 0 Å². The van der Waals surface area contributed by atoms with E-state index in [2.05, 4.69) is 36.7 Å². The smallest absolute Gasteiger partial charge is 0.270 e. The number of rotatable bonds is 8. The summed E-state index contributed by atoms with van der Waals surface area (Å²) in [6.07, 6.45) is 7.32. The predicted molar refractivity (Wildman–Crippen MR) is 139 cm³/mol. The van der Waals surface area contributed by atoms with Crippen molar-refractivity contribution in [3.63, 3.8) is 0 Å². The van der Waals surface area contributed by atoms with E-state index in [-0.39, 0.29) is 50.2 Å². The van der Waals surface area contributed by atoms with Crippen LogP contribution in [0, 0.1) is 46.9 Å². The van der Waals surface area contributed by atoms with E-state index >= 15 is 0 Å². The quantitative estimate of drug-likeness (QED) is 0.199. The first-order valence-corrected chi connectivity index (χ1v) is 13.9. The Morgan fingerprint density at radius 2 is 1.71 bits per heavy atom. The van der Waals surface area contributed by atoms with Crippen LogP contribution in [-0.4, -0.2) is 71.5 Å². The molecule has 12 nitrogen and oxygen atoms in total. The van der Waals surface area contributed by atoms with E-state index in [0.717, 1.165) is 24.6 Å². The average molecular weight is 604 g/mol. The highest BCUT2D eigenvalue weighted by atomic mass is 32.2. The van der Waals surface area contributed by atoms with Gasteiger partial charge in [0.25, 0.3) is 5.91 Å². The number of benzene rings is 1. The van der Waals surface area contributed by atoms with Gasteiger partial charge in [-0.15, -0.1) is 6.42 Å². The fourth-order valence-electron chi connectivity index (χ4n) is 4.31. The number of piperazine rings is 1. The van der Waals surface area contributed by atoms with Crippen molar-refractivity contribution < 1.29 is 30.8 Å². The molecule has 5 rings (SSSR count). The van der Waals surface area contributed by atoms with Crippen LogP contribution in [0.3, 0.4) is 0 Å². The number of nitrogens with one attached hydrogen (secondary N) is 3. The summed E-state index contributed by atoms with van der Waals surface area (Å²) >= 11 is 0. The van der Waals surface area contributed by atoms with Crippen LogP contribution in [0.2, 0.25) is 0 Å². The molecule has 0 radical (unpaired) electrons. The number of terminal acetylenes is 1. The van der Waals surface area contributed by atoms with Crippen LogP contribution >= 0.6 is 0 Å². The summed E-state index contributed by atoms with van der Waals surface area (Å²) in [7, 11) is -5.06. The zero-order valence-electron chi connectivity index (χ0n) is 21.6. The first-order valence-electron chi connectivity index (χ1n) is 12.5. The number of aromatic amines is 1. The fourth-order valence-corrected chi connectivity index (χ4v) is 5.84. The monoisotopic (exact) mass is 603 g/mol. The van der Waals surface area contributed by atoms with Crippen LogP contribution in [0.15, 0.2) is 17.0 Å². The van der Waals surface area contributed by atoms with Crippen LogP contribution < -0.4 is 15.5 Å². The molecular formula is C25H21F4N9O3S. The molecule has 17 heteroatoms. The molecule has 1 saturated heterocycles. The second-order valence-electron chi connectivity index (χ2n) is 9.40. The largest absolute Gasteiger partial charge is 0.340 e. The van der Waals surface area contributed by atoms with E-state index in [4.69, 9.17) is 11.7 Å². The molecule has 3 aromatic rings. The summed E-state index contributed by atoms with van der Waals surface area (Å²) in [6.45, 7) is -1.06. The normalized spacial score (nSPS) is 15.6. The maximum absolute atomic E-state index is 14.5. The number of carbonyl (C=O) groups excluding carboxylic acids is 1. The number of carbonyl (C=O) groups is 1. The van der Waals surface area contributed by atoms with Gasteiger partial charge >= 0.3 is 0 Å². The summed E-state index contributed by atoms with van der Waals surface area (Å²) in [6, 6.07) is 4.16. The molecule has 1 aliphatic heterocycles. The van der Waals surface area contributed by atoms with E-state index in [1.807, 2.05) is 6.07 Å². The molecule has 1 amide bonds. The highest BCUT2D eigenvalue weighted by Crippen LogP contribution is 2.39. The molecule has 2 fully saturated rings. The van der Waals surface area contributed by atoms with Gasteiger partial charge in [-0.05, 0) is 12.8 Å². The van der Waals surface area contributed by atoms with Crippen LogP contribution in [0.25, 0.3) is 0 Å². The maximum atomic E-state index is 14.5. The highest BCUT2D eigenvalue weighted by molar-refractivity contribution is 7.89. The van der Waals surface area contributed by atoms with Gasteiger partial charge in [0.05, 0.1) is 6.54 Å². The Morgan fingerprint density at radius 3 is 2.31 bits per heavy atom. The Bertz CT molecular complexity index is 1730. The number of hydrogen-bond acceptors (Lipinski definition) is 9. The molecule has 0 unspecified atom stereocenters. The van der Waals surface area contributed by atoms with E-state index in [9.17, 15) is 30.8 Å². The van der Waals surface area contributed by atoms with Gasteiger partial charge in [-0.1, -0.05) is 5.92 Å². The number of nitrogens with zero attached hydrogens (tertiary/aromatic N) is 6. The third-order valence-corrected chi connectivity index (χ3v) is 8.54. The summed E-state index contributed by atoms with van der Waals surface area (Å²) in [5, 5.41) is 21.4. The van der Waals surface area contributed by atoms with Crippen LogP contribution in [0.5, 0.6) is 0 Å². The van der Waals surface area contributed by atoms with Gasteiger partial charge in [-0.3, -0.25) is 9.89 Å². The standard InChI is InChI=1S/C25H21F4N9O3S/c1-2-5-31-24(39)16-11-17(33-18-10-15(35-36-18)13-3-4-13)34-25(32-16)37-6-8-38(9-7-37)42(40,41)23-21(28)19(26)14(12-30)20(27)22(23)29/h1,10-11,13H,3-9H2,(H,31,39)(H2,32,33,34,35,36). The number of anilines is 3. The Morgan fingerprint density at radius 1 is 1.05 bits per heavy atom. The molecule has 0 bridgehead atoms. The number of sulfonamides is 1. The molecule has 42 heavy (non-hydrogen) atoms. The van der Waals surface area contributed by atoms with Crippen LogP contribution in [0.1, 0.15) is 40.5 Å². The van der Waals surface area contributed by atoms with Gasteiger partial charge in [-0.25, -0.2) is 31.0 Å². The highest BCUT2D eigenvalue weighted by Gasteiger charge is 2.38. The molecule has 3 heterocycles. The van der Waals surface area contributed by atoms with Gasteiger partial charge in [0.1, 0.15) is 23.1 Å². The lowest BCUT2D eigenvalue weighted by Gasteiger charge is -2.34. The summed E-state index contributed by atoms with van der Waals surface area (Å²) in [5.41, 5.74) is -0.676. The van der Waals surface area contributed by atoms with Crippen molar-refractivity contribution in [2.75, 3.05) is 42.9 Å². The lowest BCUT2D eigenvalue weighted by atomic mass is 10.2. The summed E-state index contributed by atoms with van der Waals surface area (Å²) in [4.78, 5) is 21.0. The third kappa shape index (κ3) is 5.44. The second kappa shape index (κ2) is 11.3. The molecule has 0 atom stereocenters. The first kappa shape index (κ1) is 28.8. The Labute approximate surface area is 236 Å². The lowest BCUT2D eigenvalue weighted by molar-refractivity contribution is 0.0953. The molecule has 2 aromatic heterocycles. The topological polar surface area (TPSA) is 160 Å². The lowest BCUT2D eigenvalue weighted by Crippen LogP contribution is -2.49. The van der Waals surface area contributed by atoms with Gasteiger partial charge in [-0.2, -0.15) is 19.6 Å². The van der Waals surface area contributed by atoms with Crippen molar-refractivity contribution in [2.24, 2.45) is 0 Å². The minimum atomic E-state index is -5.06. The van der Waals surface area contributed by atoms with Crippen molar-refractivity contribution in [2.45, 2.75) is 23.7 Å². The molecule has 2 aliphatic rings. The number of amides is 1. The Balaban J connectivity index is 1.39. The zero-order valence-corrected chi connectivity index (χ0v) is 22.4. The second-order valence-corrected chi connectivity index (χ2v) is 11.3. The molecule has 0 spiro atoms. The summed E-state index contributed by atoms with van der Waals surface area (Å²) in [5.74, 6) is -5.85. The molecule has 1 aromatic carbocycles. The fraction of sp³-hybridized carbons (Fsp3) is 0.320. The van der Waals surface area contributed by atoms with Crippen molar-refractivity contribution in [1.82, 2.24) is 29.8 Å². The Hall–Kier alpha value is -4.74. The van der Waals surface area contributed by atoms with Gasteiger partial charge in [0.2, 0.25) is 16.0 Å². The number of halogens is 4. The molecule has 218 valence electrons. The molecule has 1 saturated carbocycles. The predicted octanol–water partition coefficient (Wildman–Crippen LogP) is 2.12. The average Bonchev–Trinajstić information content (AvgIpc) is 3.73. The van der Waals surface area contributed by atoms with Crippen LogP contribution in [-0.2, 0) is 10.0 Å². The Kier molecular flexibility index (Phi) is 7.72. The number of hydrogen-bond donors (Lipinski definition) is 3. The van der Waals surface area contributed by atoms with Crippen molar-refractivity contribution in [3.05, 3.63) is 52.4 Å². The summed E-state index contributed by atoms with van der Waals surface area (Å²) < 4.78 is 84.0. The van der Waals surface area contributed by atoms with Crippen molar-refractivity contribution >= 4 is 33.5 Å². The minimum absolute atomic E-state index is 0.0219. The van der Waals surface area contributed by atoms with E-state index in [0.29, 0.717) is 16.0 Å². The maximum Gasteiger partial charge on any atom is 0.270 e. The minimum Gasteiger partial charge on any atom is -0.340 e. The third-order valence-electron chi connectivity index (χ3n) is 6.62. The van der Waals surface area contributed by atoms with E-state index < -0.39 is 49.7 Å². The zero-order chi connectivity index (χ0) is 30.2. The van der Waals surface area contributed by atoms with Crippen LogP contribution in [0.4, 0.5) is 35.1 Å². The van der Waals surface area contributed by atoms with Gasteiger partial charge in [0, 0.05) is 49.9 Å². The van der Waals surface area contributed by atoms with E-state index in [1.165, 1.54) is 11.0 Å². The van der Waals surface area contributed by atoms with Gasteiger partial charge in [0.15, 0.2) is 34.0 Å². The number of aromatic nitrogens is 4. The van der Waals surface area contributed by atoms with Crippen molar-refractivity contribution in [1.29, 1.82) is 5.26 Å². The molecule has 1 aliphatic carbocycles. The SMILES string of the molecule is C#CCNC(=O)c1cc(Nc2cc(C3CC3)[nH]n2)nc(N2CCN(S(=O)(=O)c3c(F)c(F)c(C#N)c(F)c3F)CC2)n1. The van der Waals surface area contributed by atoms with Gasteiger partial charge < -0.3 is 15.5 Å². The number of nitriles is 1. The molecule has 3 N–H and O–H groups in total.